The molecule has 0 radical (unpaired) electrons. The molecule has 0 bridgehead atoms. The second-order valence-corrected chi connectivity index (χ2v) is 8.75. The first kappa shape index (κ1) is 25.5. The minimum absolute atomic E-state index is 0.427. The van der Waals surface area contributed by atoms with E-state index in [4.69, 9.17) is 9.72 Å². The van der Waals surface area contributed by atoms with E-state index in [2.05, 4.69) is 24.9 Å². The zero-order chi connectivity index (χ0) is 23.4. The molecule has 1 unspecified atom stereocenters. The molecule has 32 heavy (non-hydrogen) atoms. The van der Waals surface area contributed by atoms with Crippen LogP contribution in [0.25, 0.3) is 11.4 Å². The average Bonchev–Trinajstić information content (AvgIpc) is 2.83. The highest BCUT2D eigenvalue weighted by molar-refractivity contribution is 5.81. The molecule has 0 aliphatic carbocycles. The molecule has 1 heterocycles. The van der Waals surface area contributed by atoms with Crippen LogP contribution < -0.4 is 4.74 Å². The van der Waals surface area contributed by atoms with Gasteiger partial charge in [0.1, 0.15) is 5.75 Å². The molecule has 2 rings (SSSR count). The van der Waals surface area contributed by atoms with Gasteiger partial charge < -0.3 is 4.74 Å². The third kappa shape index (κ3) is 7.15. The normalized spacial score (nSPS) is 12.9. The number of aromatic nitrogens is 2. The van der Waals surface area contributed by atoms with E-state index in [1.165, 1.54) is 25.7 Å². The number of hydrogen-bond donors (Lipinski definition) is 0. The van der Waals surface area contributed by atoms with Gasteiger partial charge in [0, 0.05) is 23.4 Å². The molecule has 5 heteroatoms. The second-order valence-electron chi connectivity index (χ2n) is 8.75. The van der Waals surface area contributed by atoms with E-state index < -0.39 is 11.4 Å². The Morgan fingerprint density at radius 1 is 1.03 bits per heavy atom. The minimum Gasteiger partial charge on any atom is -0.425 e. The maximum Gasteiger partial charge on any atom is 0.331 e. The van der Waals surface area contributed by atoms with Gasteiger partial charge in [-0.2, -0.15) is 5.26 Å². The Morgan fingerprint density at radius 2 is 1.66 bits per heavy atom. The summed E-state index contributed by atoms with van der Waals surface area (Å²) in [7, 11) is 0. The molecule has 0 fully saturated rings. The van der Waals surface area contributed by atoms with Crippen molar-refractivity contribution in [3.63, 3.8) is 0 Å². The number of ether oxygens (including phenoxy) is 1. The van der Waals surface area contributed by atoms with Crippen molar-refractivity contribution in [1.29, 1.82) is 5.26 Å². The number of hydrogen-bond acceptors (Lipinski definition) is 5. The van der Waals surface area contributed by atoms with Gasteiger partial charge in [0.15, 0.2) is 11.2 Å². The third-order valence-electron chi connectivity index (χ3n) is 5.96. The number of rotatable bonds is 13. The fourth-order valence-corrected chi connectivity index (χ4v) is 3.71. The Kier molecular flexibility index (Phi) is 10.3. The topological polar surface area (TPSA) is 75.9 Å². The van der Waals surface area contributed by atoms with Gasteiger partial charge in [0.2, 0.25) is 0 Å². The van der Waals surface area contributed by atoms with Crippen LogP contribution >= 0.6 is 0 Å². The molecule has 0 aliphatic heterocycles. The molecule has 0 saturated carbocycles. The molecule has 0 saturated heterocycles. The maximum absolute atomic E-state index is 12.5. The summed E-state index contributed by atoms with van der Waals surface area (Å²) in [4.78, 5) is 21.9. The van der Waals surface area contributed by atoms with Crippen LogP contribution in [0, 0.1) is 16.7 Å². The maximum atomic E-state index is 12.5. The first-order valence-corrected chi connectivity index (χ1v) is 12.0. The van der Waals surface area contributed by atoms with E-state index in [0.29, 0.717) is 23.9 Å². The number of carbonyl (C=O) groups is 1. The Morgan fingerprint density at radius 3 is 2.22 bits per heavy atom. The molecule has 0 amide bonds. The average molecular weight is 436 g/mol. The SMILES string of the molecule is CCCCC(CCCC)c1ccnc(-c2ccc(OC(=O)C(C)(C#N)CCCC)cc2)n1. The van der Waals surface area contributed by atoms with Crippen molar-refractivity contribution < 1.29 is 9.53 Å². The summed E-state index contributed by atoms with van der Waals surface area (Å²) in [6.45, 7) is 8.13. The molecule has 1 aromatic carbocycles. The smallest absolute Gasteiger partial charge is 0.331 e. The number of carbonyl (C=O) groups excluding carboxylic acids is 1. The Balaban J connectivity index is 2.14. The van der Waals surface area contributed by atoms with Gasteiger partial charge in [-0.15, -0.1) is 0 Å². The van der Waals surface area contributed by atoms with Gasteiger partial charge in [-0.1, -0.05) is 59.3 Å². The molecule has 172 valence electrons. The van der Waals surface area contributed by atoms with Crippen molar-refractivity contribution in [2.45, 2.75) is 91.4 Å². The number of unbranched alkanes of at least 4 members (excludes halogenated alkanes) is 3. The van der Waals surface area contributed by atoms with Crippen LogP contribution in [0.1, 0.15) is 97.1 Å². The third-order valence-corrected chi connectivity index (χ3v) is 5.96. The summed E-state index contributed by atoms with van der Waals surface area (Å²) in [5.74, 6) is 1.07. The number of nitriles is 1. The van der Waals surface area contributed by atoms with E-state index in [-0.39, 0.29) is 0 Å². The van der Waals surface area contributed by atoms with Gasteiger partial charge in [0.05, 0.1) is 6.07 Å². The number of esters is 1. The zero-order valence-corrected chi connectivity index (χ0v) is 20.1. The zero-order valence-electron chi connectivity index (χ0n) is 20.1. The molecule has 0 N–H and O–H groups in total. The van der Waals surface area contributed by atoms with E-state index in [0.717, 1.165) is 36.9 Å². The predicted octanol–water partition coefficient (Wildman–Crippen LogP) is 7.23. The van der Waals surface area contributed by atoms with Crippen LogP contribution in [-0.2, 0) is 4.79 Å². The molecule has 0 spiro atoms. The quantitative estimate of drug-likeness (QED) is 0.245. The molecular weight excluding hydrogens is 398 g/mol. The Bertz CT molecular complexity index is 881. The van der Waals surface area contributed by atoms with Crippen LogP contribution in [0.15, 0.2) is 36.5 Å². The minimum atomic E-state index is -1.13. The predicted molar refractivity (Wildman–Crippen MR) is 128 cm³/mol. The van der Waals surface area contributed by atoms with Gasteiger partial charge in [0.25, 0.3) is 0 Å². The van der Waals surface area contributed by atoms with Crippen LogP contribution in [0.2, 0.25) is 0 Å². The summed E-state index contributed by atoms with van der Waals surface area (Å²) >= 11 is 0. The Labute approximate surface area is 193 Å². The van der Waals surface area contributed by atoms with Crippen molar-refractivity contribution in [2.24, 2.45) is 5.41 Å². The van der Waals surface area contributed by atoms with Crippen LogP contribution in [0.3, 0.4) is 0 Å². The van der Waals surface area contributed by atoms with Gasteiger partial charge >= 0.3 is 5.97 Å². The highest BCUT2D eigenvalue weighted by Gasteiger charge is 2.34. The fourth-order valence-electron chi connectivity index (χ4n) is 3.71. The van der Waals surface area contributed by atoms with Crippen LogP contribution in [0.4, 0.5) is 0 Å². The van der Waals surface area contributed by atoms with Crippen molar-refractivity contribution in [1.82, 2.24) is 9.97 Å². The molecule has 2 aromatic rings. The van der Waals surface area contributed by atoms with Crippen molar-refractivity contribution in [2.75, 3.05) is 0 Å². The highest BCUT2D eigenvalue weighted by Crippen LogP contribution is 2.29. The summed E-state index contributed by atoms with van der Waals surface area (Å²) in [6.07, 6.45) is 11.1. The summed E-state index contributed by atoms with van der Waals surface area (Å²) < 4.78 is 5.51. The van der Waals surface area contributed by atoms with Crippen molar-refractivity contribution in [3.05, 3.63) is 42.2 Å². The summed E-state index contributed by atoms with van der Waals surface area (Å²) in [5, 5.41) is 9.46. The largest absolute Gasteiger partial charge is 0.425 e. The lowest BCUT2D eigenvalue weighted by Crippen LogP contribution is -2.30. The van der Waals surface area contributed by atoms with Gasteiger partial charge in [-0.25, -0.2) is 14.8 Å². The summed E-state index contributed by atoms with van der Waals surface area (Å²) in [6, 6.07) is 11.4. The highest BCUT2D eigenvalue weighted by atomic mass is 16.5. The standard InChI is InChI=1S/C27H37N3O2/c1-5-8-11-21(12-9-6-2)24-17-19-29-25(30-24)22-13-15-23(16-14-22)32-26(31)27(4,20-28)18-10-7-3/h13-17,19,21H,5-12,18H2,1-4H3. The monoisotopic (exact) mass is 435 g/mol. The van der Waals surface area contributed by atoms with Crippen LogP contribution in [0.5, 0.6) is 5.75 Å². The fraction of sp³-hybridized carbons (Fsp3) is 0.556. The van der Waals surface area contributed by atoms with E-state index in [1.54, 1.807) is 19.1 Å². The Hall–Kier alpha value is -2.74. The lowest BCUT2D eigenvalue weighted by atomic mass is 9.87. The first-order valence-electron chi connectivity index (χ1n) is 12.0. The number of benzene rings is 1. The lowest BCUT2D eigenvalue weighted by molar-refractivity contribution is -0.142. The number of nitrogens with zero attached hydrogens (tertiary/aromatic N) is 3. The molecular formula is C27H37N3O2. The van der Waals surface area contributed by atoms with E-state index in [9.17, 15) is 10.1 Å². The van der Waals surface area contributed by atoms with Gasteiger partial charge in [-0.3, -0.25) is 0 Å². The van der Waals surface area contributed by atoms with E-state index in [1.807, 2.05) is 31.3 Å². The van der Waals surface area contributed by atoms with Crippen LogP contribution in [-0.4, -0.2) is 15.9 Å². The molecule has 1 atom stereocenters. The first-order chi connectivity index (χ1) is 15.5. The molecule has 5 nitrogen and oxygen atoms in total. The lowest BCUT2D eigenvalue weighted by Gasteiger charge is -2.19. The van der Waals surface area contributed by atoms with E-state index >= 15 is 0 Å². The second kappa shape index (κ2) is 13.0. The molecule has 0 aliphatic rings. The summed E-state index contributed by atoms with van der Waals surface area (Å²) in [5.41, 5.74) is 0.858. The van der Waals surface area contributed by atoms with Gasteiger partial charge in [-0.05, 0) is 56.5 Å². The molecule has 1 aromatic heterocycles. The van der Waals surface area contributed by atoms with Crippen molar-refractivity contribution >= 4 is 5.97 Å². The van der Waals surface area contributed by atoms with Crippen molar-refractivity contribution in [3.8, 4) is 23.2 Å².